The number of quaternary nitrogens is 1. The van der Waals surface area contributed by atoms with E-state index < -0.39 is 33.1 Å². The molecule has 8 nitrogen and oxygen atoms in total. The maximum absolute atomic E-state index is 12.0. The van der Waals surface area contributed by atoms with Gasteiger partial charge in [-0.05, 0) is 12.8 Å². The maximum Gasteiger partial charge on any atom is 0.472 e. The predicted octanol–water partition coefficient (Wildman–Crippen LogP) is 6.94. The highest BCUT2D eigenvalue weighted by atomic mass is 31.2. The molecule has 0 aliphatic rings. The summed E-state index contributed by atoms with van der Waals surface area (Å²) >= 11 is 0. The molecule has 2 N–H and O–H groups in total. The third-order valence-corrected chi connectivity index (χ3v) is 7.39. The Labute approximate surface area is 233 Å². The van der Waals surface area contributed by atoms with Crippen LogP contribution in [-0.2, 0) is 23.1 Å². The monoisotopic (exact) mass is 564 g/mol. The molecule has 0 heterocycles. The first-order valence-corrected chi connectivity index (χ1v) is 16.5. The Kier molecular flexibility index (Phi) is 23.6. The normalized spacial score (nSPS) is 14.6. The van der Waals surface area contributed by atoms with E-state index in [9.17, 15) is 19.4 Å². The third kappa shape index (κ3) is 26.8. The lowest BCUT2D eigenvalue weighted by atomic mass is 10.0. The molecule has 0 spiro atoms. The maximum atomic E-state index is 12.0. The van der Waals surface area contributed by atoms with E-state index in [1.54, 1.807) is 6.08 Å². The zero-order valence-corrected chi connectivity index (χ0v) is 25.8. The van der Waals surface area contributed by atoms with Gasteiger partial charge >= 0.3 is 13.8 Å². The van der Waals surface area contributed by atoms with E-state index >= 15 is 0 Å². The van der Waals surface area contributed by atoms with Crippen LogP contribution in [0, 0.1) is 0 Å². The van der Waals surface area contributed by atoms with Gasteiger partial charge in [-0.25, -0.2) is 9.36 Å². The van der Waals surface area contributed by atoms with Gasteiger partial charge in [0.05, 0.1) is 34.4 Å². The smallest absolute Gasteiger partial charge is 0.454 e. The van der Waals surface area contributed by atoms with E-state index in [2.05, 4.69) is 6.92 Å². The molecule has 0 aliphatic heterocycles. The molecular formula is C29H59NO7P+. The Balaban J connectivity index is 3.69. The molecule has 38 heavy (non-hydrogen) atoms. The van der Waals surface area contributed by atoms with Crippen LogP contribution in [0.5, 0.6) is 0 Å². The number of allylic oxidation sites excluding steroid dienone is 1. The summed E-state index contributed by atoms with van der Waals surface area (Å²) < 4.78 is 27.4. The quantitative estimate of drug-likeness (QED) is 0.0366. The standard InChI is InChI=1S/C29H58NO7P/c1-5-6-7-8-9-10-11-12-13-14-15-16-17-18-19-20-21-22-23-29(32)37-28(26-31)27-36-38(33,34)35-25-24-30(2,3)4/h22-23,28,31H,5-21,24-27H2,1-4H3/p+1/t28-/m1/s1. The number of aliphatic hydroxyl groups excluding tert-OH is 1. The fraction of sp³-hybridized carbons (Fsp3) is 0.897. The molecule has 0 radical (unpaired) electrons. The number of esters is 1. The molecule has 0 rings (SSSR count). The van der Waals surface area contributed by atoms with Crippen molar-refractivity contribution in [2.45, 2.75) is 122 Å². The fourth-order valence-electron chi connectivity index (χ4n) is 3.96. The number of phosphoric acid groups is 1. The molecule has 2 atom stereocenters. The number of unbranched alkanes of at least 4 members (excludes halogenated alkanes) is 16. The van der Waals surface area contributed by atoms with Crippen LogP contribution in [0.4, 0.5) is 0 Å². The Hall–Kier alpha value is -0.760. The minimum Gasteiger partial charge on any atom is -0.454 e. The average molecular weight is 565 g/mol. The molecule has 0 saturated carbocycles. The molecule has 0 aliphatic carbocycles. The van der Waals surface area contributed by atoms with Crippen molar-refractivity contribution in [3.8, 4) is 0 Å². The van der Waals surface area contributed by atoms with Gasteiger partial charge in [-0.3, -0.25) is 9.05 Å². The van der Waals surface area contributed by atoms with Gasteiger partial charge in [-0.15, -0.1) is 0 Å². The number of ether oxygens (including phenoxy) is 1. The summed E-state index contributed by atoms with van der Waals surface area (Å²) in [6.07, 6.45) is 24.1. The van der Waals surface area contributed by atoms with Crippen molar-refractivity contribution in [3.63, 3.8) is 0 Å². The van der Waals surface area contributed by atoms with Crippen molar-refractivity contribution in [2.24, 2.45) is 0 Å². The van der Waals surface area contributed by atoms with Crippen molar-refractivity contribution in [2.75, 3.05) is 47.5 Å². The topological polar surface area (TPSA) is 102 Å². The summed E-state index contributed by atoms with van der Waals surface area (Å²) in [6, 6.07) is 0. The van der Waals surface area contributed by atoms with Crippen LogP contribution < -0.4 is 0 Å². The number of likely N-dealkylation sites (N-methyl/N-ethyl adjacent to an activating group) is 1. The van der Waals surface area contributed by atoms with Crippen molar-refractivity contribution >= 4 is 13.8 Å². The number of hydrogen-bond donors (Lipinski definition) is 2. The van der Waals surface area contributed by atoms with E-state index in [1.807, 2.05) is 21.1 Å². The van der Waals surface area contributed by atoms with Gasteiger partial charge in [0.1, 0.15) is 19.3 Å². The number of aliphatic hydroxyl groups is 1. The van der Waals surface area contributed by atoms with Crippen LogP contribution in [0.15, 0.2) is 12.2 Å². The van der Waals surface area contributed by atoms with E-state index in [0.29, 0.717) is 11.0 Å². The zero-order chi connectivity index (χ0) is 28.5. The first kappa shape index (κ1) is 37.2. The summed E-state index contributed by atoms with van der Waals surface area (Å²) in [5.41, 5.74) is 0. The number of carbonyl (C=O) groups excluding carboxylic acids is 1. The summed E-state index contributed by atoms with van der Waals surface area (Å²) in [6.45, 7) is 1.90. The molecule has 0 bridgehead atoms. The molecule has 226 valence electrons. The van der Waals surface area contributed by atoms with E-state index in [0.717, 1.165) is 19.3 Å². The second-order valence-corrected chi connectivity index (χ2v) is 12.8. The molecule has 0 fully saturated rings. The number of rotatable bonds is 27. The summed E-state index contributed by atoms with van der Waals surface area (Å²) in [7, 11) is 1.52. The summed E-state index contributed by atoms with van der Waals surface area (Å²) in [5.74, 6) is -0.608. The van der Waals surface area contributed by atoms with Gasteiger partial charge in [-0.1, -0.05) is 109 Å². The first-order valence-electron chi connectivity index (χ1n) is 15.0. The Morgan fingerprint density at radius 3 is 1.74 bits per heavy atom. The molecule has 1 unspecified atom stereocenters. The van der Waals surface area contributed by atoms with Gasteiger partial charge in [0, 0.05) is 6.08 Å². The highest BCUT2D eigenvalue weighted by molar-refractivity contribution is 7.47. The van der Waals surface area contributed by atoms with E-state index in [4.69, 9.17) is 13.8 Å². The molecular weight excluding hydrogens is 505 g/mol. The highest BCUT2D eigenvalue weighted by Crippen LogP contribution is 2.43. The molecule has 0 aromatic heterocycles. The van der Waals surface area contributed by atoms with Crippen LogP contribution in [0.2, 0.25) is 0 Å². The van der Waals surface area contributed by atoms with Crippen LogP contribution >= 0.6 is 7.82 Å². The van der Waals surface area contributed by atoms with Crippen LogP contribution in [0.25, 0.3) is 0 Å². The van der Waals surface area contributed by atoms with Gasteiger partial charge < -0.3 is 19.2 Å². The number of hydrogen-bond acceptors (Lipinski definition) is 6. The number of phosphoric ester groups is 1. The van der Waals surface area contributed by atoms with Gasteiger partial charge in [0.15, 0.2) is 0 Å². The summed E-state index contributed by atoms with van der Waals surface area (Å²) in [5, 5.41) is 9.39. The largest absolute Gasteiger partial charge is 0.472 e. The molecule has 0 aromatic rings. The van der Waals surface area contributed by atoms with Gasteiger partial charge in [-0.2, -0.15) is 0 Å². The van der Waals surface area contributed by atoms with Crippen molar-refractivity contribution in [1.82, 2.24) is 0 Å². The van der Waals surface area contributed by atoms with Crippen molar-refractivity contribution in [3.05, 3.63) is 12.2 Å². The van der Waals surface area contributed by atoms with Crippen LogP contribution in [0.3, 0.4) is 0 Å². The molecule has 9 heteroatoms. The lowest BCUT2D eigenvalue weighted by Crippen LogP contribution is -2.37. The number of nitrogens with zero attached hydrogens (tertiary/aromatic N) is 1. The predicted molar refractivity (Wildman–Crippen MR) is 155 cm³/mol. The lowest BCUT2D eigenvalue weighted by molar-refractivity contribution is -0.870. The zero-order valence-electron chi connectivity index (χ0n) is 24.9. The van der Waals surface area contributed by atoms with Crippen molar-refractivity contribution in [1.29, 1.82) is 0 Å². The third-order valence-electron chi connectivity index (χ3n) is 6.40. The minimum absolute atomic E-state index is 0.0446. The van der Waals surface area contributed by atoms with Crippen LogP contribution in [-0.4, -0.2) is 74.1 Å². The molecule has 0 aromatic carbocycles. The second kappa shape index (κ2) is 24.1. The SMILES string of the molecule is CCCCCCCCCCCCCCCCCCC=CC(=O)O[C@H](CO)COP(=O)(O)OCC[N+](C)(C)C. The van der Waals surface area contributed by atoms with E-state index in [1.165, 1.54) is 96.0 Å². The highest BCUT2D eigenvalue weighted by Gasteiger charge is 2.25. The Morgan fingerprint density at radius 1 is 0.816 bits per heavy atom. The molecule has 0 amide bonds. The fourth-order valence-corrected chi connectivity index (χ4v) is 4.70. The summed E-state index contributed by atoms with van der Waals surface area (Å²) in [4.78, 5) is 21.7. The van der Waals surface area contributed by atoms with Gasteiger partial charge in [0.2, 0.25) is 0 Å². The molecule has 0 saturated heterocycles. The first-order chi connectivity index (χ1) is 18.1. The number of carbonyl (C=O) groups is 1. The lowest BCUT2D eigenvalue weighted by Gasteiger charge is -2.24. The minimum atomic E-state index is -4.28. The van der Waals surface area contributed by atoms with Crippen LogP contribution in [0.1, 0.15) is 116 Å². The van der Waals surface area contributed by atoms with Gasteiger partial charge in [0.25, 0.3) is 0 Å². The Morgan fingerprint density at radius 2 is 1.29 bits per heavy atom. The Bertz CT molecular complexity index is 637. The second-order valence-electron chi connectivity index (χ2n) is 11.3. The van der Waals surface area contributed by atoms with E-state index in [-0.39, 0.29) is 6.61 Å². The van der Waals surface area contributed by atoms with Crippen molar-refractivity contribution < 1.29 is 37.6 Å². The average Bonchev–Trinajstić information content (AvgIpc) is 2.84.